The van der Waals surface area contributed by atoms with Crippen molar-refractivity contribution in [1.29, 1.82) is 0 Å². The van der Waals surface area contributed by atoms with Crippen molar-refractivity contribution in [3.63, 3.8) is 0 Å². The SMILES string of the molecule is CCOP(=O)(Cc1ccc(Nc2ncc(C(F)(F)F)c(Nc3ccc(C4CCC(C(=O)O)CC4)c4[nH]cc(C)c(=O)c34)n2)c(OC)c1)OCC. The second-order valence-corrected chi connectivity index (χ2v) is 14.0. The van der Waals surface area contributed by atoms with E-state index in [2.05, 4.69) is 25.6 Å². The molecule has 0 saturated heterocycles. The van der Waals surface area contributed by atoms with Gasteiger partial charge in [-0.15, -0.1) is 0 Å². The Bertz CT molecular complexity index is 1970. The Morgan fingerprint density at radius 1 is 1.06 bits per heavy atom. The molecular weight excluding hydrogens is 678 g/mol. The number of carboxylic acid groups (broad SMARTS) is 1. The molecule has 1 aliphatic rings. The van der Waals surface area contributed by atoms with Gasteiger partial charge in [0, 0.05) is 18.0 Å². The molecule has 0 radical (unpaired) electrons. The standard InChI is InChI=1S/C34H39F3N5O7P/c1-5-48-50(46,49-6-2)18-20-7-13-25(27(15-20)47-4)41-33-39-17-24(34(35,36)37)31(42-33)40-26-14-12-23(21-8-10-22(11-9-21)32(44)45)29-28(26)30(43)19(3)16-38-29/h7,12-17,21-22H,5-6,8-11,18H2,1-4H3,(H,38,43)(H,44,45)(H2,39,40,41,42). The van der Waals surface area contributed by atoms with E-state index >= 15 is 0 Å². The molecule has 12 nitrogen and oxygen atoms in total. The number of aromatic amines is 1. The number of aliphatic carboxylic acids is 1. The molecule has 16 heteroatoms. The molecule has 0 amide bonds. The summed E-state index contributed by atoms with van der Waals surface area (Å²) < 4.78 is 72.1. The maximum Gasteiger partial charge on any atom is 0.421 e. The smallest absolute Gasteiger partial charge is 0.421 e. The third kappa shape index (κ3) is 8.11. The number of fused-ring (bicyclic) bond motifs is 1. The predicted molar refractivity (Wildman–Crippen MR) is 183 cm³/mol. The van der Waals surface area contributed by atoms with Gasteiger partial charge in [-0.05, 0) is 81.7 Å². The molecule has 268 valence electrons. The minimum atomic E-state index is -4.84. The van der Waals surface area contributed by atoms with Crippen molar-refractivity contribution in [2.75, 3.05) is 31.0 Å². The number of ether oxygens (including phenoxy) is 1. The van der Waals surface area contributed by atoms with Crippen LogP contribution in [0, 0.1) is 12.8 Å². The zero-order valence-electron chi connectivity index (χ0n) is 28.0. The number of aryl methyl sites for hydroxylation is 1. The van der Waals surface area contributed by atoms with Gasteiger partial charge in [-0.1, -0.05) is 12.1 Å². The molecular formula is C34H39F3N5O7P. The molecule has 0 spiro atoms. The molecule has 1 aliphatic carbocycles. The number of anilines is 4. The second-order valence-electron chi connectivity index (χ2n) is 12.0. The number of alkyl halides is 3. The van der Waals surface area contributed by atoms with Gasteiger partial charge in [0.15, 0.2) is 5.43 Å². The lowest BCUT2D eigenvalue weighted by Gasteiger charge is -2.27. The quantitative estimate of drug-likeness (QED) is 0.0984. The lowest BCUT2D eigenvalue weighted by atomic mass is 9.78. The summed E-state index contributed by atoms with van der Waals surface area (Å²) in [6.45, 7) is 5.41. The molecule has 2 heterocycles. The topological polar surface area (TPSA) is 165 Å². The number of carbonyl (C=O) groups is 1. The van der Waals surface area contributed by atoms with E-state index in [0.717, 1.165) is 5.56 Å². The van der Waals surface area contributed by atoms with Crippen LogP contribution >= 0.6 is 7.60 Å². The van der Waals surface area contributed by atoms with Crippen LogP contribution in [0.5, 0.6) is 5.75 Å². The van der Waals surface area contributed by atoms with Gasteiger partial charge in [-0.25, -0.2) is 4.98 Å². The van der Waals surface area contributed by atoms with E-state index in [1.165, 1.54) is 7.11 Å². The molecule has 0 aliphatic heterocycles. The Labute approximate surface area is 286 Å². The highest BCUT2D eigenvalue weighted by molar-refractivity contribution is 7.53. The number of pyridine rings is 1. The first-order chi connectivity index (χ1) is 23.8. The Kier molecular flexibility index (Phi) is 11.2. The molecule has 0 unspecified atom stereocenters. The van der Waals surface area contributed by atoms with Crippen molar-refractivity contribution < 1.29 is 41.4 Å². The monoisotopic (exact) mass is 717 g/mol. The van der Waals surface area contributed by atoms with Crippen LogP contribution in [0.25, 0.3) is 10.9 Å². The fraction of sp³-hybridized carbons (Fsp3) is 0.412. The summed E-state index contributed by atoms with van der Waals surface area (Å²) in [6, 6.07) is 8.14. The van der Waals surface area contributed by atoms with Gasteiger partial charge in [0.05, 0.1) is 54.7 Å². The van der Waals surface area contributed by atoms with Crippen molar-refractivity contribution >= 4 is 47.6 Å². The lowest BCUT2D eigenvalue weighted by Crippen LogP contribution is -2.21. The van der Waals surface area contributed by atoms with Gasteiger partial charge in [0.2, 0.25) is 5.95 Å². The van der Waals surface area contributed by atoms with Crippen molar-refractivity contribution in [3.05, 3.63) is 75.2 Å². The summed E-state index contributed by atoms with van der Waals surface area (Å²) >= 11 is 0. The molecule has 0 bridgehead atoms. The first-order valence-corrected chi connectivity index (χ1v) is 17.9. The van der Waals surface area contributed by atoms with E-state index in [4.69, 9.17) is 13.8 Å². The van der Waals surface area contributed by atoms with E-state index < -0.39 is 37.0 Å². The fourth-order valence-corrected chi connectivity index (χ4v) is 7.91. The Morgan fingerprint density at radius 2 is 1.74 bits per heavy atom. The van der Waals surface area contributed by atoms with Gasteiger partial charge in [-0.3, -0.25) is 14.2 Å². The number of hydrogen-bond acceptors (Lipinski definition) is 10. The third-order valence-corrected chi connectivity index (χ3v) is 10.7. The molecule has 2 aromatic carbocycles. The fourth-order valence-electron chi connectivity index (χ4n) is 6.22. The average Bonchev–Trinajstić information content (AvgIpc) is 3.07. The van der Waals surface area contributed by atoms with Crippen LogP contribution < -0.4 is 20.8 Å². The van der Waals surface area contributed by atoms with Crippen LogP contribution in [0.15, 0.2) is 47.5 Å². The number of hydrogen-bond donors (Lipinski definition) is 4. The van der Waals surface area contributed by atoms with Gasteiger partial charge < -0.3 is 34.5 Å². The van der Waals surface area contributed by atoms with Crippen LogP contribution in [-0.4, -0.2) is 46.4 Å². The Morgan fingerprint density at radius 3 is 2.36 bits per heavy atom. The number of nitrogens with one attached hydrogen (secondary N) is 3. The summed E-state index contributed by atoms with van der Waals surface area (Å²) in [6.07, 6.45) is -0.503. The number of rotatable bonds is 13. The molecule has 50 heavy (non-hydrogen) atoms. The maximum absolute atomic E-state index is 14.3. The summed E-state index contributed by atoms with van der Waals surface area (Å²) in [5.74, 6) is -1.80. The molecule has 1 fully saturated rings. The van der Waals surface area contributed by atoms with E-state index in [0.29, 0.717) is 54.2 Å². The molecule has 0 atom stereocenters. The highest BCUT2D eigenvalue weighted by Crippen LogP contribution is 2.52. The van der Waals surface area contributed by atoms with E-state index in [-0.39, 0.29) is 53.5 Å². The zero-order valence-corrected chi connectivity index (χ0v) is 28.9. The van der Waals surface area contributed by atoms with Crippen LogP contribution in [0.4, 0.5) is 36.3 Å². The molecule has 5 rings (SSSR count). The third-order valence-electron chi connectivity index (χ3n) is 8.66. The first kappa shape index (κ1) is 36.8. The molecule has 1 saturated carbocycles. The molecule has 2 aromatic heterocycles. The zero-order chi connectivity index (χ0) is 36.2. The largest absolute Gasteiger partial charge is 0.495 e. The minimum Gasteiger partial charge on any atom is -0.495 e. The van der Waals surface area contributed by atoms with Crippen LogP contribution in [-0.2, 0) is 30.7 Å². The van der Waals surface area contributed by atoms with Gasteiger partial charge in [0.1, 0.15) is 17.1 Å². The van der Waals surface area contributed by atoms with Crippen molar-refractivity contribution in [1.82, 2.24) is 15.0 Å². The van der Waals surface area contributed by atoms with E-state index in [9.17, 15) is 32.4 Å². The highest BCUT2D eigenvalue weighted by atomic mass is 31.2. The van der Waals surface area contributed by atoms with Crippen LogP contribution in [0.3, 0.4) is 0 Å². The Hall–Kier alpha value is -4.46. The Balaban J connectivity index is 1.49. The number of aromatic nitrogens is 3. The van der Waals surface area contributed by atoms with Crippen LogP contribution in [0.1, 0.15) is 67.7 Å². The van der Waals surface area contributed by atoms with Crippen molar-refractivity contribution in [2.24, 2.45) is 5.92 Å². The average molecular weight is 718 g/mol. The number of H-pyrrole nitrogens is 1. The van der Waals surface area contributed by atoms with Gasteiger partial charge >= 0.3 is 19.7 Å². The van der Waals surface area contributed by atoms with Gasteiger partial charge in [0.25, 0.3) is 0 Å². The predicted octanol–water partition coefficient (Wildman–Crippen LogP) is 8.27. The van der Waals surface area contributed by atoms with E-state index in [1.54, 1.807) is 57.3 Å². The summed E-state index contributed by atoms with van der Waals surface area (Å²) in [5.41, 5.74) is 1.12. The minimum absolute atomic E-state index is 0.0227. The molecule has 4 N–H and O–H groups in total. The first-order valence-electron chi connectivity index (χ1n) is 16.2. The summed E-state index contributed by atoms with van der Waals surface area (Å²) in [4.78, 5) is 36.2. The summed E-state index contributed by atoms with van der Waals surface area (Å²) in [5, 5.41) is 15.2. The lowest BCUT2D eigenvalue weighted by molar-refractivity contribution is -0.143. The number of carboxylic acids is 1. The van der Waals surface area contributed by atoms with Crippen molar-refractivity contribution in [2.45, 2.75) is 64.7 Å². The van der Waals surface area contributed by atoms with Gasteiger partial charge in [-0.2, -0.15) is 18.2 Å². The maximum atomic E-state index is 14.3. The number of halogens is 3. The van der Waals surface area contributed by atoms with Crippen LogP contribution in [0.2, 0.25) is 0 Å². The normalized spacial score (nSPS) is 16.7. The highest BCUT2D eigenvalue weighted by Gasteiger charge is 2.36. The number of methoxy groups -OCH3 is 1. The number of nitrogens with zero attached hydrogens (tertiary/aromatic N) is 2. The number of benzene rings is 2. The molecule has 4 aromatic rings. The van der Waals surface area contributed by atoms with Crippen molar-refractivity contribution in [3.8, 4) is 5.75 Å². The van der Waals surface area contributed by atoms with E-state index in [1.807, 2.05) is 0 Å². The second kappa shape index (κ2) is 15.2. The summed E-state index contributed by atoms with van der Waals surface area (Å²) in [7, 11) is -2.01.